The van der Waals surface area contributed by atoms with Crippen LogP contribution in [0.4, 0.5) is 0 Å². The van der Waals surface area contributed by atoms with Crippen molar-refractivity contribution in [3.8, 4) is 0 Å². The van der Waals surface area contributed by atoms with E-state index in [1.165, 1.54) is 7.05 Å². The van der Waals surface area contributed by atoms with Crippen LogP contribution in [0.3, 0.4) is 0 Å². The maximum absolute atomic E-state index is 11.7. The molecule has 0 aromatic heterocycles. The third kappa shape index (κ3) is 2.35. The molecule has 0 radical (unpaired) electrons. The van der Waals surface area contributed by atoms with E-state index in [2.05, 4.69) is 33.9 Å². The molecule has 1 saturated heterocycles. The summed E-state index contributed by atoms with van der Waals surface area (Å²) in [6.07, 6.45) is -0.361. The molecule has 0 saturated carbocycles. The molecule has 1 unspecified atom stereocenters. The lowest BCUT2D eigenvalue weighted by atomic mass is 10.2. The molecule has 92 valence electrons. The minimum absolute atomic E-state index is 0.0531. The van der Waals surface area contributed by atoms with Crippen LogP contribution in [0.2, 0.25) is 18.1 Å². The van der Waals surface area contributed by atoms with Gasteiger partial charge in [0.15, 0.2) is 8.32 Å². The first kappa shape index (κ1) is 13.4. The molecule has 0 aliphatic carbocycles. The highest BCUT2D eigenvalue weighted by atomic mass is 28.4. The number of likely N-dealkylation sites (N-methyl/N-ethyl adjacent to an activating group) is 1. The van der Waals surface area contributed by atoms with E-state index < -0.39 is 14.4 Å². The third-order valence-electron chi connectivity index (χ3n) is 3.58. The fourth-order valence-electron chi connectivity index (χ4n) is 1.35. The van der Waals surface area contributed by atoms with Crippen LogP contribution in [-0.2, 0) is 14.0 Å². The second-order valence-corrected chi connectivity index (χ2v) is 10.6. The standard InChI is InChI=1S/C11H21NO3Si/c1-11(2,3)16(5,6)15-8-7-9(13)12(4)10(8)14/h8H,7H2,1-6H3. The summed E-state index contributed by atoms with van der Waals surface area (Å²) in [5.41, 5.74) is 0. The van der Waals surface area contributed by atoms with Gasteiger partial charge in [0.25, 0.3) is 5.91 Å². The molecular weight excluding hydrogens is 222 g/mol. The van der Waals surface area contributed by atoms with Crippen molar-refractivity contribution >= 4 is 20.1 Å². The number of hydrogen-bond donors (Lipinski definition) is 0. The van der Waals surface area contributed by atoms with Crippen molar-refractivity contribution in [2.75, 3.05) is 7.05 Å². The second-order valence-electron chi connectivity index (χ2n) is 5.86. The number of nitrogens with zero attached hydrogens (tertiary/aromatic N) is 1. The van der Waals surface area contributed by atoms with Crippen LogP contribution in [0.5, 0.6) is 0 Å². The van der Waals surface area contributed by atoms with Crippen LogP contribution < -0.4 is 0 Å². The van der Waals surface area contributed by atoms with Gasteiger partial charge in [0.2, 0.25) is 5.91 Å². The number of imide groups is 1. The van der Waals surface area contributed by atoms with Gasteiger partial charge in [-0.15, -0.1) is 0 Å². The fraction of sp³-hybridized carbons (Fsp3) is 0.818. The molecular formula is C11H21NO3Si. The number of likely N-dealkylation sites (tertiary alicyclic amines) is 1. The molecule has 0 aromatic carbocycles. The Morgan fingerprint density at radius 2 is 1.81 bits per heavy atom. The van der Waals surface area contributed by atoms with E-state index >= 15 is 0 Å². The summed E-state index contributed by atoms with van der Waals surface area (Å²) in [6, 6.07) is 0. The molecule has 0 spiro atoms. The average molecular weight is 243 g/mol. The van der Waals surface area contributed by atoms with Gasteiger partial charge in [0.1, 0.15) is 6.10 Å². The first-order chi connectivity index (χ1) is 7.06. The molecule has 2 amide bonds. The topological polar surface area (TPSA) is 46.6 Å². The highest BCUT2D eigenvalue weighted by Crippen LogP contribution is 2.38. The van der Waals surface area contributed by atoms with Crippen LogP contribution in [0, 0.1) is 0 Å². The first-order valence-corrected chi connectivity index (χ1v) is 8.45. The van der Waals surface area contributed by atoms with Crippen LogP contribution >= 0.6 is 0 Å². The van der Waals surface area contributed by atoms with E-state index in [1.54, 1.807) is 0 Å². The molecule has 16 heavy (non-hydrogen) atoms. The Morgan fingerprint density at radius 1 is 1.31 bits per heavy atom. The second kappa shape index (κ2) is 3.96. The zero-order chi connectivity index (χ0) is 12.7. The Morgan fingerprint density at radius 3 is 2.12 bits per heavy atom. The van der Waals surface area contributed by atoms with Crippen molar-refractivity contribution in [3.63, 3.8) is 0 Å². The Bertz CT molecular complexity index is 320. The molecule has 1 atom stereocenters. The monoisotopic (exact) mass is 243 g/mol. The van der Waals surface area contributed by atoms with Crippen LogP contribution in [-0.4, -0.2) is 38.2 Å². The van der Waals surface area contributed by atoms with Crippen molar-refractivity contribution in [2.45, 2.75) is 51.4 Å². The third-order valence-corrected chi connectivity index (χ3v) is 8.07. The van der Waals surface area contributed by atoms with Gasteiger partial charge in [0.05, 0.1) is 6.42 Å². The largest absolute Gasteiger partial charge is 0.404 e. The number of carbonyl (C=O) groups excluding carboxylic acids is 2. The van der Waals surface area contributed by atoms with Crippen molar-refractivity contribution < 1.29 is 14.0 Å². The van der Waals surface area contributed by atoms with E-state index in [4.69, 9.17) is 4.43 Å². The SMILES string of the molecule is CN1C(=O)CC(O[Si](C)(C)C(C)(C)C)C1=O. The Labute approximate surface area is 98.1 Å². The summed E-state index contributed by atoms with van der Waals surface area (Å²) in [4.78, 5) is 24.3. The zero-order valence-corrected chi connectivity index (χ0v) is 12.0. The van der Waals surface area contributed by atoms with Crippen LogP contribution in [0.15, 0.2) is 0 Å². The summed E-state index contributed by atoms with van der Waals surface area (Å²) in [6.45, 7) is 10.5. The first-order valence-electron chi connectivity index (χ1n) is 5.54. The van der Waals surface area contributed by atoms with E-state index in [9.17, 15) is 9.59 Å². The smallest absolute Gasteiger partial charge is 0.257 e. The maximum Gasteiger partial charge on any atom is 0.257 e. The Balaban J connectivity index is 2.77. The lowest BCUT2D eigenvalue weighted by Gasteiger charge is -2.37. The van der Waals surface area contributed by atoms with Gasteiger partial charge < -0.3 is 4.43 Å². The zero-order valence-electron chi connectivity index (χ0n) is 11.0. The quantitative estimate of drug-likeness (QED) is 0.548. The van der Waals surface area contributed by atoms with E-state index in [0.717, 1.165) is 4.90 Å². The summed E-state index contributed by atoms with van der Waals surface area (Å²) in [5.74, 6) is -0.344. The van der Waals surface area contributed by atoms with Gasteiger partial charge in [-0.1, -0.05) is 20.8 Å². The van der Waals surface area contributed by atoms with Crippen LogP contribution in [0.25, 0.3) is 0 Å². The predicted octanol–water partition coefficient (Wildman–Crippen LogP) is 1.77. The van der Waals surface area contributed by atoms with Crippen molar-refractivity contribution in [1.82, 2.24) is 4.90 Å². The molecule has 0 N–H and O–H groups in total. The van der Waals surface area contributed by atoms with Gasteiger partial charge in [-0.2, -0.15) is 0 Å². The lowest BCUT2D eigenvalue weighted by molar-refractivity contribution is -0.138. The molecule has 5 heteroatoms. The van der Waals surface area contributed by atoms with E-state index in [-0.39, 0.29) is 23.3 Å². The lowest BCUT2D eigenvalue weighted by Crippen LogP contribution is -2.45. The normalized spacial score (nSPS) is 23.1. The molecule has 1 aliphatic rings. The van der Waals surface area contributed by atoms with Gasteiger partial charge in [0, 0.05) is 7.05 Å². The van der Waals surface area contributed by atoms with Crippen molar-refractivity contribution in [3.05, 3.63) is 0 Å². The van der Waals surface area contributed by atoms with Gasteiger partial charge in [-0.25, -0.2) is 0 Å². The maximum atomic E-state index is 11.7. The van der Waals surface area contributed by atoms with Crippen LogP contribution in [0.1, 0.15) is 27.2 Å². The minimum Gasteiger partial charge on any atom is -0.404 e. The Hall–Kier alpha value is -0.683. The van der Waals surface area contributed by atoms with Crippen molar-refractivity contribution in [2.24, 2.45) is 0 Å². The molecule has 1 rings (SSSR count). The molecule has 1 aliphatic heterocycles. The van der Waals surface area contributed by atoms with E-state index in [1.807, 2.05) is 0 Å². The fourth-order valence-corrected chi connectivity index (χ4v) is 2.60. The van der Waals surface area contributed by atoms with E-state index in [0.29, 0.717) is 0 Å². The van der Waals surface area contributed by atoms with Gasteiger partial charge in [-0.3, -0.25) is 14.5 Å². The number of amides is 2. The summed E-state index contributed by atoms with van der Waals surface area (Å²) in [5, 5.41) is 0.0531. The highest BCUT2D eigenvalue weighted by molar-refractivity contribution is 6.74. The van der Waals surface area contributed by atoms with Crippen molar-refractivity contribution in [1.29, 1.82) is 0 Å². The number of carbonyl (C=O) groups is 2. The number of rotatable bonds is 2. The Kier molecular flexibility index (Phi) is 3.31. The number of hydrogen-bond acceptors (Lipinski definition) is 3. The molecule has 1 heterocycles. The van der Waals surface area contributed by atoms with Gasteiger partial charge in [-0.05, 0) is 18.1 Å². The highest BCUT2D eigenvalue weighted by Gasteiger charge is 2.45. The molecule has 0 aromatic rings. The summed E-state index contributed by atoms with van der Waals surface area (Å²) >= 11 is 0. The predicted molar refractivity (Wildman–Crippen MR) is 64.5 cm³/mol. The molecule has 0 bridgehead atoms. The minimum atomic E-state index is -1.97. The average Bonchev–Trinajstić information content (AvgIpc) is 2.31. The molecule has 1 fully saturated rings. The summed E-state index contributed by atoms with van der Waals surface area (Å²) < 4.78 is 5.94. The summed E-state index contributed by atoms with van der Waals surface area (Å²) in [7, 11) is -0.457. The van der Waals surface area contributed by atoms with Gasteiger partial charge >= 0.3 is 0 Å². The molecule has 4 nitrogen and oxygen atoms in total.